The van der Waals surface area contributed by atoms with Crippen LogP contribution in [0.3, 0.4) is 0 Å². The molecule has 0 heterocycles. The quantitative estimate of drug-likeness (QED) is 0.641. The van der Waals surface area contributed by atoms with E-state index in [0.29, 0.717) is 25.0 Å². The van der Waals surface area contributed by atoms with E-state index < -0.39 is 0 Å². The van der Waals surface area contributed by atoms with Gasteiger partial charge in [0.2, 0.25) is 0 Å². The Morgan fingerprint density at radius 2 is 1.36 bits per heavy atom. The lowest BCUT2D eigenvalue weighted by Crippen LogP contribution is -2.03. The monoisotopic (exact) mass is 160 g/mol. The average molecular weight is 160 g/mol. The summed E-state index contributed by atoms with van der Waals surface area (Å²) in [5.41, 5.74) is 0. The molecule has 2 atom stereocenters. The summed E-state index contributed by atoms with van der Waals surface area (Å²) in [7, 11) is 0. The van der Waals surface area contributed by atoms with Gasteiger partial charge in [-0.25, -0.2) is 0 Å². The van der Waals surface area contributed by atoms with Gasteiger partial charge in [0.15, 0.2) is 0 Å². The zero-order valence-electron chi connectivity index (χ0n) is 7.58. The van der Waals surface area contributed by atoms with Gasteiger partial charge in [-0.1, -0.05) is 13.8 Å². The van der Waals surface area contributed by atoms with E-state index in [1.165, 1.54) is 0 Å². The molecular formula is C9H20O2. The zero-order chi connectivity index (χ0) is 8.69. The molecule has 2 nitrogen and oxygen atoms in total. The fourth-order valence-electron chi connectivity index (χ4n) is 1.51. The van der Waals surface area contributed by atoms with Crippen molar-refractivity contribution < 1.29 is 10.2 Å². The second-order valence-corrected chi connectivity index (χ2v) is 2.91. The summed E-state index contributed by atoms with van der Waals surface area (Å²) >= 11 is 0. The van der Waals surface area contributed by atoms with Crippen LogP contribution in [-0.2, 0) is 0 Å². The normalized spacial score (nSPS) is 29.5. The van der Waals surface area contributed by atoms with E-state index in [2.05, 4.69) is 0 Å². The Morgan fingerprint density at radius 3 is 1.55 bits per heavy atom. The van der Waals surface area contributed by atoms with E-state index in [4.69, 9.17) is 10.2 Å². The van der Waals surface area contributed by atoms with Crippen molar-refractivity contribution in [2.75, 3.05) is 13.2 Å². The van der Waals surface area contributed by atoms with Crippen molar-refractivity contribution in [3.05, 3.63) is 0 Å². The second kappa shape index (κ2) is 6.62. The summed E-state index contributed by atoms with van der Waals surface area (Å²) in [4.78, 5) is 0. The number of hydrogen-bond donors (Lipinski definition) is 2. The largest absolute Gasteiger partial charge is 0.396 e. The highest BCUT2D eigenvalue weighted by Crippen LogP contribution is 2.29. The minimum absolute atomic E-state index is 0.302. The maximum Gasteiger partial charge on any atom is 0.0459 e. The van der Waals surface area contributed by atoms with Crippen LogP contribution in [0.5, 0.6) is 0 Å². The Balaban J connectivity index is 0.000000461. The summed E-state index contributed by atoms with van der Waals surface area (Å²) < 4.78 is 0. The highest BCUT2D eigenvalue weighted by molar-refractivity contribution is 4.73. The lowest BCUT2D eigenvalue weighted by Gasteiger charge is -2.03. The van der Waals surface area contributed by atoms with Crippen LogP contribution in [0.2, 0.25) is 0 Å². The molecule has 0 amide bonds. The molecule has 2 unspecified atom stereocenters. The minimum Gasteiger partial charge on any atom is -0.396 e. The molecule has 0 bridgehead atoms. The van der Waals surface area contributed by atoms with Gasteiger partial charge in [0, 0.05) is 13.2 Å². The van der Waals surface area contributed by atoms with Crippen molar-refractivity contribution in [3.8, 4) is 0 Å². The van der Waals surface area contributed by atoms with Gasteiger partial charge in [0.1, 0.15) is 0 Å². The Labute approximate surface area is 69.2 Å². The SMILES string of the molecule is CC.OCC1CCC(CO)C1. The zero-order valence-corrected chi connectivity index (χ0v) is 7.58. The molecule has 0 aromatic carbocycles. The smallest absolute Gasteiger partial charge is 0.0459 e. The van der Waals surface area contributed by atoms with Gasteiger partial charge in [-0.3, -0.25) is 0 Å². The van der Waals surface area contributed by atoms with Crippen molar-refractivity contribution in [2.24, 2.45) is 11.8 Å². The van der Waals surface area contributed by atoms with E-state index in [-0.39, 0.29) is 0 Å². The Bertz CT molecular complexity index is 73.6. The summed E-state index contributed by atoms with van der Waals surface area (Å²) in [6.07, 6.45) is 3.22. The maximum atomic E-state index is 8.70. The van der Waals surface area contributed by atoms with Crippen LogP contribution < -0.4 is 0 Å². The first kappa shape index (κ1) is 10.9. The first-order chi connectivity index (χ1) is 5.36. The van der Waals surface area contributed by atoms with Gasteiger partial charge in [-0.2, -0.15) is 0 Å². The molecule has 0 aromatic rings. The van der Waals surface area contributed by atoms with E-state index in [1.807, 2.05) is 13.8 Å². The first-order valence-corrected chi connectivity index (χ1v) is 4.58. The molecule has 0 aliphatic heterocycles. The number of rotatable bonds is 2. The first-order valence-electron chi connectivity index (χ1n) is 4.58. The van der Waals surface area contributed by atoms with Gasteiger partial charge in [0.25, 0.3) is 0 Å². The molecule has 1 fully saturated rings. The predicted molar refractivity (Wildman–Crippen MR) is 46.4 cm³/mol. The molecule has 0 saturated heterocycles. The molecule has 11 heavy (non-hydrogen) atoms. The standard InChI is InChI=1S/C7H14O2.C2H6/c8-4-6-1-2-7(3-6)5-9;1-2/h6-9H,1-5H2;1-2H3. The van der Waals surface area contributed by atoms with Crippen LogP contribution in [0.25, 0.3) is 0 Å². The third-order valence-corrected chi connectivity index (χ3v) is 2.17. The van der Waals surface area contributed by atoms with E-state index in [9.17, 15) is 0 Å². The van der Waals surface area contributed by atoms with Crippen LogP contribution in [0.15, 0.2) is 0 Å². The van der Waals surface area contributed by atoms with Gasteiger partial charge in [-0.15, -0.1) is 0 Å². The van der Waals surface area contributed by atoms with Crippen LogP contribution in [0.4, 0.5) is 0 Å². The summed E-state index contributed by atoms with van der Waals surface area (Å²) in [5, 5.41) is 17.4. The van der Waals surface area contributed by atoms with E-state index >= 15 is 0 Å². The van der Waals surface area contributed by atoms with Gasteiger partial charge < -0.3 is 10.2 Å². The molecule has 1 aliphatic rings. The Hall–Kier alpha value is -0.0800. The number of aliphatic hydroxyl groups excluding tert-OH is 2. The molecule has 1 saturated carbocycles. The summed E-state index contributed by atoms with van der Waals surface area (Å²) in [5.74, 6) is 0.948. The average Bonchev–Trinajstić information content (AvgIpc) is 2.55. The molecule has 2 heteroatoms. The van der Waals surface area contributed by atoms with Crippen molar-refractivity contribution in [2.45, 2.75) is 33.1 Å². The molecule has 68 valence electrons. The lowest BCUT2D eigenvalue weighted by molar-refractivity contribution is 0.202. The predicted octanol–water partition coefficient (Wildman–Crippen LogP) is 1.41. The third-order valence-electron chi connectivity index (χ3n) is 2.17. The van der Waals surface area contributed by atoms with Crippen molar-refractivity contribution in [1.29, 1.82) is 0 Å². The molecule has 0 radical (unpaired) electrons. The number of hydrogen-bond acceptors (Lipinski definition) is 2. The lowest BCUT2D eigenvalue weighted by atomic mass is 10.1. The topological polar surface area (TPSA) is 40.5 Å². The molecular weight excluding hydrogens is 140 g/mol. The maximum absolute atomic E-state index is 8.70. The van der Waals surface area contributed by atoms with E-state index in [0.717, 1.165) is 19.3 Å². The highest BCUT2D eigenvalue weighted by Gasteiger charge is 2.22. The molecule has 1 rings (SSSR count). The molecule has 0 aromatic heterocycles. The van der Waals surface area contributed by atoms with Crippen LogP contribution in [0, 0.1) is 11.8 Å². The Morgan fingerprint density at radius 1 is 1.00 bits per heavy atom. The van der Waals surface area contributed by atoms with E-state index in [1.54, 1.807) is 0 Å². The van der Waals surface area contributed by atoms with Crippen molar-refractivity contribution in [1.82, 2.24) is 0 Å². The fourth-order valence-corrected chi connectivity index (χ4v) is 1.51. The van der Waals surface area contributed by atoms with Gasteiger partial charge in [-0.05, 0) is 31.1 Å². The highest BCUT2D eigenvalue weighted by atomic mass is 16.3. The molecule has 0 spiro atoms. The van der Waals surface area contributed by atoms with Crippen molar-refractivity contribution >= 4 is 0 Å². The van der Waals surface area contributed by atoms with Crippen LogP contribution >= 0.6 is 0 Å². The minimum atomic E-state index is 0.302. The van der Waals surface area contributed by atoms with Crippen LogP contribution in [0.1, 0.15) is 33.1 Å². The van der Waals surface area contributed by atoms with Gasteiger partial charge in [0.05, 0.1) is 0 Å². The summed E-state index contributed by atoms with van der Waals surface area (Å²) in [6.45, 7) is 4.60. The second-order valence-electron chi connectivity index (χ2n) is 2.91. The number of aliphatic hydroxyl groups is 2. The van der Waals surface area contributed by atoms with Crippen molar-refractivity contribution in [3.63, 3.8) is 0 Å². The molecule has 1 aliphatic carbocycles. The third kappa shape index (κ3) is 3.73. The van der Waals surface area contributed by atoms with Crippen LogP contribution in [-0.4, -0.2) is 23.4 Å². The summed E-state index contributed by atoms with van der Waals surface area (Å²) in [6, 6.07) is 0. The fraction of sp³-hybridized carbons (Fsp3) is 1.00. The van der Waals surface area contributed by atoms with Gasteiger partial charge >= 0.3 is 0 Å². The Kier molecular flexibility index (Phi) is 6.57. The molecule has 2 N–H and O–H groups in total.